The highest BCUT2D eigenvalue weighted by molar-refractivity contribution is 5.63. The van der Waals surface area contributed by atoms with Gasteiger partial charge in [-0.05, 0) is 16.7 Å². The highest BCUT2D eigenvalue weighted by Gasteiger charge is 2.21. The van der Waals surface area contributed by atoms with Crippen molar-refractivity contribution < 1.29 is 0 Å². The van der Waals surface area contributed by atoms with E-state index in [0.717, 1.165) is 26.2 Å². The molecule has 1 N–H and O–H groups in total. The molecule has 3 nitrogen and oxygen atoms in total. The Bertz CT molecular complexity index is 613. The number of nitriles is 1. The van der Waals surface area contributed by atoms with Crippen LogP contribution in [0.4, 0.5) is 0 Å². The Morgan fingerprint density at radius 1 is 1.05 bits per heavy atom. The summed E-state index contributed by atoms with van der Waals surface area (Å²) in [5, 5.41) is 12.5. The van der Waals surface area contributed by atoms with Gasteiger partial charge in [0, 0.05) is 26.2 Å². The largest absolute Gasteiger partial charge is 0.313 e. The molecule has 1 saturated heterocycles. The fourth-order valence-corrected chi connectivity index (χ4v) is 2.73. The Morgan fingerprint density at radius 2 is 1.76 bits per heavy atom. The van der Waals surface area contributed by atoms with Gasteiger partial charge in [-0.1, -0.05) is 54.6 Å². The van der Waals surface area contributed by atoms with Crippen molar-refractivity contribution in [2.24, 2.45) is 0 Å². The summed E-state index contributed by atoms with van der Waals surface area (Å²) < 4.78 is 0. The molecule has 21 heavy (non-hydrogen) atoms. The van der Waals surface area contributed by atoms with Gasteiger partial charge in [-0.3, -0.25) is 4.90 Å². The van der Waals surface area contributed by atoms with Crippen LogP contribution in [0.2, 0.25) is 0 Å². The Labute approximate surface area is 125 Å². The Hall–Kier alpha value is -2.15. The maximum atomic E-state index is 9.20. The van der Waals surface area contributed by atoms with Crippen LogP contribution in [0.25, 0.3) is 11.1 Å². The van der Waals surface area contributed by atoms with Crippen molar-refractivity contribution >= 4 is 0 Å². The number of rotatable bonds is 3. The lowest BCUT2D eigenvalue weighted by atomic mass is 10.0. The first-order valence-corrected chi connectivity index (χ1v) is 7.35. The number of nitrogens with zero attached hydrogens (tertiary/aromatic N) is 2. The van der Waals surface area contributed by atoms with Crippen LogP contribution in [0.1, 0.15) is 5.56 Å². The van der Waals surface area contributed by atoms with E-state index in [0.29, 0.717) is 0 Å². The average molecular weight is 277 g/mol. The molecule has 1 atom stereocenters. The van der Waals surface area contributed by atoms with E-state index in [4.69, 9.17) is 0 Å². The first-order chi connectivity index (χ1) is 10.4. The highest BCUT2D eigenvalue weighted by atomic mass is 15.2. The predicted octanol–water partition coefficient (Wildman–Crippen LogP) is 2.65. The summed E-state index contributed by atoms with van der Waals surface area (Å²) in [5.41, 5.74) is 3.73. The van der Waals surface area contributed by atoms with Crippen molar-refractivity contribution in [1.82, 2.24) is 10.2 Å². The minimum absolute atomic E-state index is 0.0208. The number of hydrogen-bond donors (Lipinski definition) is 1. The van der Waals surface area contributed by atoms with E-state index in [1.165, 1.54) is 16.7 Å². The van der Waals surface area contributed by atoms with Gasteiger partial charge in [0.2, 0.25) is 0 Å². The van der Waals surface area contributed by atoms with E-state index in [1.54, 1.807) is 0 Å². The SMILES string of the molecule is N#CC1CNCCN1Cc1ccc(-c2ccccc2)cc1. The standard InChI is InChI=1S/C18H19N3/c19-12-18-13-20-10-11-21(18)14-15-6-8-17(9-7-15)16-4-2-1-3-5-16/h1-9,18,20H,10-11,13-14H2. The van der Waals surface area contributed by atoms with Crippen molar-refractivity contribution in [2.45, 2.75) is 12.6 Å². The van der Waals surface area contributed by atoms with Crippen LogP contribution in [0.5, 0.6) is 0 Å². The normalized spacial score (nSPS) is 19.1. The number of piperazine rings is 1. The van der Waals surface area contributed by atoms with Crippen molar-refractivity contribution in [3.8, 4) is 17.2 Å². The highest BCUT2D eigenvalue weighted by Crippen LogP contribution is 2.20. The molecule has 1 fully saturated rings. The molecule has 3 heteroatoms. The molecular formula is C18H19N3. The van der Waals surface area contributed by atoms with Gasteiger partial charge in [0.05, 0.1) is 6.07 Å². The van der Waals surface area contributed by atoms with Gasteiger partial charge in [-0.25, -0.2) is 0 Å². The van der Waals surface area contributed by atoms with Crippen LogP contribution in [0.15, 0.2) is 54.6 Å². The van der Waals surface area contributed by atoms with Gasteiger partial charge in [0.15, 0.2) is 0 Å². The Morgan fingerprint density at radius 3 is 2.48 bits per heavy atom. The molecule has 1 unspecified atom stereocenters. The lowest BCUT2D eigenvalue weighted by Crippen LogP contribution is -2.49. The third-order valence-corrected chi connectivity index (χ3v) is 3.95. The molecule has 2 aromatic rings. The summed E-state index contributed by atoms with van der Waals surface area (Å²) in [6, 6.07) is 21.4. The van der Waals surface area contributed by atoms with Crippen LogP contribution >= 0.6 is 0 Å². The third kappa shape index (κ3) is 3.30. The topological polar surface area (TPSA) is 39.1 Å². The summed E-state index contributed by atoms with van der Waals surface area (Å²) in [6.45, 7) is 3.49. The quantitative estimate of drug-likeness (QED) is 0.937. The minimum Gasteiger partial charge on any atom is -0.313 e. The van der Waals surface area contributed by atoms with Gasteiger partial charge >= 0.3 is 0 Å². The van der Waals surface area contributed by atoms with E-state index >= 15 is 0 Å². The number of nitrogens with one attached hydrogen (secondary N) is 1. The summed E-state index contributed by atoms with van der Waals surface area (Å²) in [4.78, 5) is 2.24. The van der Waals surface area contributed by atoms with Gasteiger partial charge in [0.25, 0.3) is 0 Å². The summed E-state index contributed by atoms with van der Waals surface area (Å²) in [5.74, 6) is 0. The average Bonchev–Trinajstić information content (AvgIpc) is 2.57. The fourth-order valence-electron chi connectivity index (χ4n) is 2.73. The molecule has 1 heterocycles. The summed E-state index contributed by atoms with van der Waals surface area (Å²) in [6.07, 6.45) is 0. The molecule has 0 radical (unpaired) electrons. The first kappa shape index (κ1) is 13.8. The maximum absolute atomic E-state index is 9.20. The van der Waals surface area contributed by atoms with E-state index in [9.17, 15) is 5.26 Å². The lowest BCUT2D eigenvalue weighted by molar-refractivity contribution is 0.189. The van der Waals surface area contributed by atoms with Crippen molar-refractivity contribution in [2.75, 3.05) is 19.6 Å². The van der Waals surface area contributed by atoms with Crippen LogP contribution < -0.4 is 5.32 Å². The Kier molecular flexibility index (Phi) is 4.30. The second-order valence-electron chi connectivity index (χ2n) is 5.38. The fraction of sp³-hybridized carbons (Fsp3) is 0.278. The lowest BCUT2D eigenvalue weighted by Gasteiger charge is -2.31. The second-order valence-corrected chi connectivity index (χ2v) is 5.38. The zero-order chi connectivity index (χ0) is 14.5. The molecule has 0 aliphatic carbocycles. The summed E-state index contributed by atoms with van der Waals surface area (Å²) in [7, 11) is 0. The molecule has 2 aromatic carbocycles. The molecule has 0 amide bonds. The molecule has 0 spiro atoms. The van der Waals surface area contributed by atoms with Gasteiger partial charge in [-0.15, -0.1) is 0 Å². The zero-order valence-corrected chi connectivity index (χ0v) is 12.0. The molecule has 0 aromatic heterocycles. The smallest absolute Gasteiger partial charge is 0.111 e. The Balaban J connectivity index is 1.71. The van der Waals surface area contributed by atoms with Crippen molar-refractivity contribution in [3.63, 3.8) is 0 Å². The summed E-state index contributed by atoms with van der Waals surface area (Å²) >= 11 is 0. The third-order valence-electron chi connectivity index (χ3n) is 3.95. The first-order valence-electron chi connectivity index (χ1n) is 7.35. The van der Waals surface area contributed by atoms with Crippen LogP contribution in [0, 0.1) is 11.3 Å². The molecule has 106 valence electrons. The van der Waals surface area contributed by atoms with Crippen LogP contribution in [0.3, 0.4) is 0 Å². The van der Waals surface area contributed by atoms with Gasteiger partial charge in [-0.2, -0.15) is 5.26 Å². The van der Waals surface area contributed by atoms with Gasteiger partial charge < -0.3 is 5.32 Å². The molecular weight excluding hydrogens is 258 g/mol. The molecule has 1 aliphatic rings. The minimum atomic E-state index is -0.0208. The van der Waals surface area contributed by atoms with Crippen LogP contribution in [-0.4, -0.2) is 30.6 Å². The van der Waals surface area contributed by atoms with E-state index in [2.05, 4.69) is 64.8 Å². The van der Waals surface area contributed by atoms with E-state index in [-0.39, 0.29) is 6.04 Å². The maximum Gasteiger partial charge on any atom is 0.111 e. The van der Waals surface area contributed by atoms with Crippen molar-refractivity contribution in [1.29, 1.82) is 5.26 Å². The molecule has 0 bridgehead atoms. The monoisotopic (exact) mass is 277 g/mol. The van der Waals surface area contributed by atoms with Crippen molar-refractivity contribution in [3.05, 3.63) is 60.2 Å². The molecule has 0 saturated carbocycles. The van der Waals surface area contributed by atoms with E-state index in [1.807, 2.05) is 6.07 Å². The number of hydrogen-bond acceptors (Lipinski definition) is 3. The number of benzene rings is 2. The zero-order valence-electron chi connectivity index (χ0n) is 12.0. The predicted molar refractivity (Wildman–Crippen MR) is 84.6 cm³/mol. The molecule has 3 rings (SSSR count). The second kappa shape index (κ2) is 6.53. The van der Waals surface area contributed by atoms with E-state index < -0.39 is 0 Å². The van der Waals surface area contributed by atoms with Crippen LogP contribution in [-0.2, 0) is 6.54 Å². The molecule has 1 aliphatic heterocycles. The van der Waals surface area contributed by atoms with Gasteiger partial charge in [0.1, 0.15) is 6.04 Å².